The van der Waals surface area contributed by atoms with Crippen molar-refractivity contribution in [2.75, 3.05) is 31.7 Å². The van der Waals surface area contributed by atoms with Gasteiger partial charge in [-0.05, 0) is 11.6 Å². The number of nitrogens with one attached hydrogen (secondary N) is 1. The van der Waals surface area contributed by atoms with Crippen LogP contribution in [0.3, 0.4) is 0 Å². The topological polar surface area (TPSA) is 79.0 Å². The summed E-state index contributed by atoms with van der Waals surface area (Å²) < 4.78 is 5.44. The lowest BCUT2D eigenvalue weighted by atomic mass is 10.1. The molecule has 164 valence electrons. The highest BCUT2D eigenvalue weighted by atomic mass is 32.2. The fourth-order valence-corrected chi connectivity index (χ4v) is 4.96. The zero-order chi connectivity index (χ0) is 22.7. The molecule has 2 aliphatic rings. The Morgan fingerprint density at radius 2 is 1.75 bits per heavy atom. The van der Waals surface area contributed by atoms with Gasteiger partial charge in [-0.15, -0.1) is 0 Å². The van der Waals surface area contributed by atoms with Gasteiger partial charge in [-0.25, -0.2) is 0 Å². The molecule has 1 fully saturated rings. The first-order valence-electron chi connectivity index (χ1n) is 10.00. The monoisotopic (exact) mass is 467 g/mol. The average molecular weight is 468 g/mol. The standard InChI is InChI=1S/C23H21N3O4S2/c1-30-12-11-25-22(29)20(32-23(25)31)19-16-9-5-6-10-17(16)26(21(19)28)14-18(27)24-13-15-7-3-2-4-8-15/h2-10H,11-14H2,1H3,(H,24,27)/b20-19-. The second-order valence-corrected chi connectivity index (χ2v) is 8.84. The molecule has 4 rings (SSSR count). The third-order valence-electron chi connectivity index (χ3n) is 5.15. The number of ether oxygens (including phenoxy) is 1. The average Bonchev–Trinajstić information content (AvgIpc) is 3.23. The Balaban J connectivity index is 1.57. The maximum absolute atomic E-state index is 13.4. The van der Waals surface area contributed by atoms with Crippen LogP contribution in [0.5, 0.6) is 0 Å². The number of hydrogen-bond donors (Lipinski definition) is 1. The molecule has 0 atom stereocenters. The van der Waals surface area contributed by atoms with E-state index < -0.39 is 0 Å². The van der Waals surface area contributed by atoms with Crippen molar-refractivity contribution < 1.29 is 19.1 Å². The van der Waals surface area contributed by atoms with Crippen LogP contribution in [0.25, 0.3) is 5.57 Å². The first kappa shape index (κ1) is 22.2. The highest BCUT2D eigenvalue weighted by Gasteiger charge is 2.42. The van der Waals surface area contributed by atoms with Gasteiger partial charge < -0.3 is 10.1 Å². The zero-order valence-corrected chi connectivity index (χ0v) is 19.0. The summed E-state index contributed by atoms with van der Waals surface area (Å²) in [5, 5.41) is 2.84. The fourth-order valence-electron chi connectivity index (χ4n) is 3.58. The van der Waals surface area contributed by atoms with Gasteiger partial charge in [-0.1, -0.05) is 72.5 Å². The molecule has 9 heteroatoms. The fraction of sp³-hybridized carbons (Fsp3) is 0.217. The smallest absolute Gasteiger partial charge is 0.267 e. The van der Waals surface area contributed by atoms with E-state index in [1.165, 1.54) is 9.80 Å². The van der Waals surface area contributed by atoms with Gasteiger partial charge in [0.2, 0.25) is 5.91 Å². The number of para-hydroxylation sites is 1. The molecule has 0 spiro atoms. The molecule has 0 radical (unpaired) electrons. The minimum atomic E-state index is -0.381. The summed E-state index contributed by atoms with van der Waals surface area (Å²) in [5.74, 6) is -0.982. The van der Waals surface area contributed by atoms with Crippen LogP contribution in [-0.2, 0) is 25.7 Å². The van der Waals surface area contributed by atoms with Crippen molar-refractivity contribution in [1.29, 1.82) is 0 Å². The highest BCUT2D eigenvalue weighted by molar-refractivity contribution is 8.26. The predicted octanol–water partition coefficient (Wildman–Crippen LogP) is 2.57. The highest BCUT2D eigenvalue weighted by Crippen LogP contribution is 2.44. The van der Waals surface area contributed by atoms with Gasteiger partial charge in [0.15, 0.2) is 0 Å². The SMILES string of the molecule is COCCN1C(=O)/C(=C2/C(=O)N(CC(=O)NCc3ccccc3)c3ccccc32)SC1=S. The Kier molecular flexibility index (Phi) is 6.69. The minimum absolute atomic E-state index is 0.143. The van der Waals surface area contributed by atoms with Crippen LogP contribution >= 0.6 is 24.0 Å². The maximum atomic E-state index is 13.4. The first-order valence-corrected chi connectivity index (χ1v) is 11.2. The molecule has 7 nitrogen and oxygen atoms in total. The summed E-state index contributed by atoms with van der Waals surface area (Å²) >= 11 is 6.46. The lowest BCUT2D eigenvalue weighted by molar-refractivity contribution is -0.123. The van der Waals surface area contributed by atoms with E-state index in [1.807, 2.05) is 30.3 Å². The Morgan fingerprint density at radius 3 is 2.50 bits per heavy atom. The van der Waals surface area contributed by atoms with Crippen molar-refractivity contribution in [2.45, 2.75) is 6.54 Å². The van der Waals surface area contributed by atoms with Crippen LogP contribution in [0.15, 0.2) is 59.5 Å². The summed E-state index contributed by atoms with van der Waals surface area (Å²) in [6.07, 6.45) is 0. The van der Waals surface area contributed by atoms with Crippen LogP contribution in [0.4, 0.5) is 5.69 Å². The van der Waals surface area contributed by atoms with Crippen LogP contribution in [0, 0.1) is 0 Å². The number of fused-ring (bicyclic) bond motifs is 1. The lowest BCUT2D eigenvalue weighted by Crippen LogP contribution is -2.38. The lowest BCUT2D eigenvalue weighted by Gasteiger charge is -2.17. The molecular formula is C23H21N3O4S2. The predicted molar refractivity (Wildman–Crippen MR) is 128 cm³/mol. The number of anilines is 1. The van der Waals surface area contributed by atoms with E-state index in [2.05, 4.69) is 5.32 Å². The quantitative estimate of drug-likeness (QED) is 0.498. The van der Waals surface area contributed by atoms with E-state index in [9.17, 15) is 14.4 Å². The van der Waals surface area contributed by atoms with Crippen LogP contribution in [0.1, 0.15) is 11.1 Å². The Labute approximate surface area is 195 Å². The number of rotatable bonds is 7. The second kappa shape index (κ2) is 9.64. The van der Waals surface area contributed by atoms with E-state index in [0.717, 1.165) is 17.3 Å². The van der Waals surface area contributed by atoms with E-state index in [4.69, 9.17) is 17.0 Å². The molecule has 2 aromatic rings. The van der Waals surface area contributed by atoms with Crippen molar-refractivity contribution in [2.24, 2.45) is 0 Å². The Morgan fingerprint density at radius 1 is 1.03 bits per heavy atom. The molecule has 2 heterocycles. The van der Waals surface area contributed by atoms with Crippen LogP contribution in [-0.4, -0.2) is 53.7 Å². The van der Waals surface area contributed by atoms with Crippen molar-refractivity contribution in [1.82, 2.24) is 10.2 Å². The first-order chi connectivity index (χ1) is 15.5. The number of amides is 3. The molecule has 0 unspecified atom stereocenters. The van der Waals surface area contributed by atoms with Gasteiger partial charge in [0, 0.05) is 19.2 Å². The third-order valence-corrected chi connectivity index (χ3v) is 6.60. The number of methoxy groups -OCH3 is 1. The molecular weight excluding hydrogens is 446 g/mol. The molecule has 0 saturated carbocycles. The van der Waals surface area contributed by atoms with Gasteiger partial charge in [-0.3, -0.25) is 24.2 Å². The number of carbonyl (C=O) groups is 3. The molecule has 0 bridgehead atoms. The third kappa shape index (κ3) is 4.32. The van der Waals surface area contributed by atoms with Gasteiger partial charge in [-0.2, -0.15) is 0 Å². The van der Waals surface area contributed by atoms with E-state index in [1.54, 1.807) is 31.4 Å². The molecule has 0 aromatic heterocycles. The molecule has 1 saturated heterocycles. The molecule has 1 N–H and O–H groups in total. The molecule has 0 aliphatic carbocycles. The zero-order valence-electron chi connectivity index (χ0n) is 17.4. The molecule has 2 aromatic carbocycles. The summed E-state index contributed by atoms with van der Waals surface area (Å²) in [4.78, 5) is 42.1. The van der Waals surface area contributed by atoms with E-state index in [-0.39, 0.29) is 34.7 Å². The van der Waals surface area contributed by atoms with Gasteiger partial charge in [0.05, 0.1) is 29.3 Å². The van der Waals surface area contributed by atoms with Crippen LogP contribution < -0.4 is 10.2 Å². The number of hydrogen-bond acceptors (Lipinski definition) is 6. The van der Waals surface area contributed by atoms with Crippen molar-refractivity contribution in [3.8, 4) is 0 Å². The number of benzene rings is 2. The van der Waals surface area contributed by atoms with Gasteiger partial charge >= 0.3 is 0 Å². The maximum Gasteiger partial charge on any atom is 0.267 e. The number of thioether (sulfide) groups is 1. The summed E-state index contributed by atoms with van der Waals surface area (Å²) in [7, 11) is 1.55. The number of carbonyl (C=O) groups excluding carboxylic acids is 3. The summed E-state index contributed by atoms with van der Waals surface area (Å²) in [6, 6.07) is 16.7. The molecule has 32 heavy (non-hydrogen) atoms. The largest absolute Gasteiger partial charge is 0.383 e. The van der Waals surface area contributed by atoms with Crippen molar-refractivity contribution >= 4 is 57.3 Å². The molecule has 2 aliphatic heterocycles. The summed E-state index contributed by atoms with van der Waals surface area (Å²) in [5.41, 5.74) is 2.48. The van der Waals surface area contributed by atoms with E-state index in [0.29, 0.717) is 35.3 Å². The minimum Gasteiger partial charge on any atom is -0.383 e. The van der Waals surface area contributed by atoms with Crippen molar-refractivity contribution in [3.05, 3.63) is 70.6 Å². The van der Waals surface area contributed by atoms with Crippen LogP contribution in [0.2, 0.25) is 0 Å². The molecule has 3 amide bonds. The second-order valence-electron chi connectivity index (χ2n) is 7.19. The van der Waals surface area contributed by atoms with Crippen molar-refractivity contribution in [3.63, 3.8) is 0 Å². The van der Waals surface area contributed by atoms with E-state index >= 15 is 0 Å². The Bertz CT molecular complexity index is 1120. The number of thiocarbonyl (C=S) groups is 1. The summed E-state index contributed by atoms with van der Waals surface area (Å²) in [6.45, 7) is 0.886. The number of nitrogens with zero attached hydrogens (tertiary/aromatic N) is 2. The Hall–Kier alpha value is -3.01. The normalized spacial score (nSPS) is 17.8. The van der Waals surface area contributed by atoms with Gasteiger partial charge in [0.1, 0.15) is 10.9 Å². The van der Waals surface area contributed by atoms with Gasteiger partial charge in [0.25, 0.3) is 11.8 Å².